The van der Waals surface area contributed by atoms with E-state index in [-0.39, 0.29) is 0 Å². The molecule has 0 spiro atoms. The van der Waals surface area contributed by atoms with Crippen LogP contribution in [0.2, 0.25) is 0 Å². The molecule has 57 heavy (non-hydrogen) atoms. The summed E-state index contributed by atoms with van der Waals surface area (Å²) in [5, 5.41) is 0. The summed E-state index contributed by atoms with van der Waals surface area (Å²) in [5.41, 5.74) is 15.0. The maximum absolute atomic E-state index is 2.44. The molecule has 0 aliphatic carbocycles. The van der Waals surface area contributed by atoms with Gasteiger partial charge in [0.1, 0.15) is 0 Å². The van der Waals surface area contributed by atoms with Crippen LogP contribution in [0.15, 0.2) is 237 Å². The fraction of sp³-hybridized carbons (Fsp3) is 0.0545. The Kier molecular flexibility index (Phi) is 9.91. The lowest BCUT2D eigenvalue weighted by molar-refractivity contribution is 0.731. The minimum atomic E-state index is -0.558. The molecule has 0 radical (unpaired) electrons. The molecule has 0 atom stereocenters. The van der Waals surface area contributed by atoms with E-state index in [9.17, 15) is 0 Å². The predicted octanol–water partition coefficient (Wildman–Crippen LogP) is 14.3. The smallest absolute Gasteiger partial charge is 0.0742 e. The number of hydrogen-bond acceptors (Lipinski definition) is 2. The number of benzene rings is 8. The minimum absolute atomic E-state index is 0.558. The molecule has 0 amide bonds. The van der Waals surface area contributed by atoms with E-state index < -0.39 is 5.41 Å². The predicted molar refractivity (Wildman–Crippen MR) is 241 cm³/mol. The van der Waals surface area contributed by atoms with Crippen LogP contribution in [0.1, 0.15) is 34.7 Å². The van der Waals surface area contributed by atoms with E-state index in [4.69, 9.17) is 0 Å². The third-order valence-electron chi connectivity index (χ3n) is 11.2. The summed E-state index contributed by atoms with van der Waals surface area (Å²) < 4.78 is 0. The maximum atomic E-state index is 2.44. The Hall–Kier alpha value is -7.16. The number of hydrogen-bond donors (Lipinski definition) is 0. The fourth-order valence-corrected chi connectivity index (χ4v) is 8.57. The standard InChI is InChI=1S/C55H44N2/c1-2-42(43-21-8-3-9-22-43)23-20-40-56(48-28-14-6-15-29-48)49-37-34-44(35-38-49)45-36-39-54-52(41-45)55(46-24-10-4-11-25-46,47-26-12-5-13-27-47)51-32-18-19-33-53(51)57(54)50-30-16-7-17-31-50/h2-39,41H,40H2,1H3. The van der Waals surface area contributed by atoms with Crippen molar-refractivity contribution in [2.24, 2.45) is 0 Å². The van der Waals surface area contributed by atoms with Crippen LogP contribution in [0.4, 0.5) is 28.4 Å². The van der Waals surface area contributed by atoms with E-state index in [2.05, 4.69) is 253 Å². The molecule has 0 saturated carbocycles. The molecular formula is C55H44N2. The lowest BCUT2D eigenvalue weighted by Crippen LogP contribution is -2.37. The zero-order valence-corrected chi connectivity index (χ0v) is 32.1. The van der Waals surface area contributed by atoms with Crippen LogP contribution in [-0.2, 0) is 5.41 Å². The van der Waals surface area contributed by atoms with Crippen LogP contribution < -0.4 is 9.80 Å². The average molecular weight is 733 g/mol. The molecule has 9 rings (SSSR count). The largest absolute Gasteiger partial charge is 0.338 e. The van der Waals surface area contributed by atoms with Gasteiger partial charge in [0.15, 0.2) is 0 Å². The second-order valence-electron chi connectivity index (χ2n) is 14.4. The highest BCUT2D eigenvalue weighted by molar-refractivity contribution is 5.91. The van der Waals surface area contributed by atoms with Crippen molar-refractivity contribution in [1.29, 1.82) is 0 Å². The van der Waals surface area contributed by atoms with Gasteiger partial charge in [0.05, 0.1) is 16.8 Å². The second-order valence-corrected chi connectivity index (χ2v) is 14.4. The Bertz CT molecular complexity index is 2590. The summed E-state index contributed by atoms with van der Waals surface area (Å²) in [4.78, 5) is 4.81. The lowest BCUT2D eigenvalue weighted by atomic mass is 9.62. The van der Waals surface area contributed by atoms with Crippen LogP contribution in [0.25, 0.3) is 16.7 Å². The van der Waals surface area contributed by atoms with Crippen LogP contribution >= 0.6 is 0 Å². The van der Waals surface area contributed by atoms with E-state index >= 15 is 0 Å². The summed E-state index contributed by atoms with van der Waals surface area (Å²) >= 11 is 0. The Morgan fingerprint density at radius 2 is 1.00 bits per heavy atom. The van der Waals surface area contributed by atoms with Crippen molar-refractivity contribution < 1.29 is 0 Å². The normalized spacial score (nSPS) is 13.2. The van der Waals surface area contributed by atoms with Gasteiger partial charge < -0.3 is 9.80 Å². The highest BCUT2D eigenvalue weighted by Gasteiger charge is 2.46. The Morgan fingerprint density at radius 1 is 0.491 bits per heavy atom. The van der Waals surface area contributed by atoms with Crippen molar-refractivity contribution in [2.45, 2.75) is 12.3 Å². The number of nitrogens with zero attached hydrogens (tertiary/aromatic N) is 2. The first-order valence-electron chi connectivity index (χ1n) is 19.8. The molecule has 0 N–H and O–H groups in total. The number of para-hydroxylation sites is 3. The molecule has 1 aliphatic rings. The molecule has 1 aliphatic heterocycles. The van der Waals surface area contributed by atoms with E-state index in [1.54, 1.807) is 0 Å². The molecule has 8 aromatic rings. The first-order chi connectivity index (χ1) is 28.3. The Labute approximate surface area is 337 Å². The van der Waals surface area contributed by atoms with Crippen molar-refractivity contribution in [3.63, 3.8) is 0 Å². The van der Waals surface area contributed by atoms with Gasteiger partial charge in [-0.05, 0) is 106 Å². The number of allylic oxidation sites excluding steroid dienone is 3. The van der Waals surface area contributed by atoms with Crippen molar-refractivity contribution in [2.75, 3.05) is 16.3 Å². The van der Waals surface area contributed by atoms with Crippen molar-refractivity contribution in [3.05, 3.63) is 264 Å². The van der Waals surface area contributed by atoms with Gasteiger partial charge in [0.2, 0.25) is 0 Å². The van der Waals surface area contributed by atoms with E-state index in [0.29, 0.717) is 0 Å². The van der Waals surface area contributed by atoms with Crippen LogP contribution in [0.3, 0.4) is 0 Å². The summed E-state index contributed by atoms with van der Waals surface area (Å²) in [6.45, 7) is 2.83. The Balaban J connectivity index is 1.17. The third kappa shape index (κ3) is 6.66. The van der Waals surface area contributed by atoms with Gasteiger partial charge in [-0.15, -0.1) is 0 Å². The molecule has 0 unspecified atom stereocenters. The maximum Gasteiger partial charge on any atom is 0.0742 e. The number of anilines is 5. The summed E-state index contributed by atoms with van der Waals surface area (Å²) in [5.74, 6) is 0. The minimum Gasteiger partial charge on any atom is -0.338 e. The van der Waals surface area contributed by atoms with Gasteiger partial charge in [-0.2, -0.15) is 0 Å². The summed E-state index contributed by atoms with van der Waals surface area (Å²) in [7, 11) is 0. The Morgan fingerprint density at radius 3 is 1.63 bits per heavy atom. The number of fused-ring (bicyclic) bond motifs is 2. The molecule has 0 aromatic heterocycles. The van der Waals surface area contributed by atoms with Gasteiger partial charge in [0, 0.05) is 23.6 Å². The highest BCUT2D eigenvalue weighted by atomic mass is 15.2. The first-order valence-corrected chi connectivity index (χ1v) is 19.8. The van der Waals surface area contributed by atoms with E-state index in [1.165, 1.54) is 55.9 Å². The molecular weight excluding hydrogens is 689 g/mol. The molecule has 274 valence electrons. The molecule has 2 heteroatoms. The molecule has 2 nitrogen and oxygen atoms in total. The SMILES string of the molecule is CC=C(C=CCN(c1ccccc1)c1ccc(-c2ccc3c(c2)C(c2ccccc2)(c2ccccc2)c2ccccc2N3c2ccccc2)cc1)c1ccccc1. The highest BCUT2D eigenvalue weighted by Crippen LogP contribution is 2.58. The average Bonchev–Trinajstić information content (AvgIpc) is 3.30. The van der Waals surface area contributed by atoms with Crippen molar-refractivity contribution in [3.8, 4) is 11.1 Å². The van der Waals surface area contributed by atoms with E-state index in [0.717, 1.165) is 23.6 Å². The van der Waals surface area contributed by atoms with Crippen LogP contribution in [-0.4, -0.2) is 6.54 Å². The monoisotopic (exact) mass is 732 g/mol. The van der Waals surface area contributed by atoms with Gasteiger partial charge in [-0.3, -0.25) is 0 Å². The lowest BCUT2D eigenvalue weighted by Gasteiger charge is -2.46. The van der Waals surface area contributed by atoms with Crippen LogP contribution in [0.5, 0.6) is 0 Å². The van der Waals surface area contributed by atoms with Gasteiger partial charge in [-0.25, -0.2) is 0 Å². The zero-order valence-electron chi connectivity index (χ0n) is 32.1. The van der Waals surface area contributed by atoms with E-state index in [1.807, 2.05) is 0 Å². The van der Waals surface area contributed by atoms with Crippen molar-refractivity contribution in [1.82, 2.24) is 0 Å². The summed E-state index contributed by atoms with van der Waals surface area (Å²) in [6.07, 6.45) is 6.67. The molecule has 8 aromatic carbocycles. The molecule has 0 saturated heterocycles. The van der Waals surface area contributed by atoms with Gasteiger partial charge in [-0.1, -0.05) is 182 Å². The second kappa shape index (κ2) is 15.9. The van der Waals surface area contributed by atoms with Gasteiger partial charge >= 0.3 is 0 Å². The molecule has 1 heterocycles. The summed E-state index contributed by atoms with van der Waals surface area (Å²) in [6, 6.07) is 79.1. The fourth-order valence-electron chi connectivity index (χ4n) is 8.57. The topological polar surface area (TPSA) is 6.48 Å². The number of rotatable bonds is 10. The molecule has 0 bridgehead atoms. The first kappa shape index (κ1) is 35.5. The third-order valence-corrected chi connectivity index (χ3v) is 11.2. The zero-order chi connectivity index (χ0) is 38.4. The van der Waals surface area contributed by atoms with Crippen molar-refractivity contribution >= 4 is 34.0 Å². The molecule has 0 fully saturated rings. The van der Waals surface area contributed by atoms with Crippen LogP contribution in [0, 0.1) is 0 Å². The van der Waals surface area contributed by atoms with Gasteiger partial charge in [0.25, 0.3) is 0 Å². The quantitative estimate of drug-likeness (QED) is 0.129.